The quantitative estimate of drug-likeness (QED) is 0.819. The third-order valence-corrected chi connectivity index (χ3v) is 3.88. The highest BCUT2D eigenvalue weighted by Crippen LogP contribution is 2.18. The number of aliphatic hydroxyl groups excluding tert-OH is 1. The van der Waals surface area contributed by atoms with Crippen LogP contribution in [0.2, 0.25) is 0 Å². The summed E-state index contributed by atoms with van der Waals surface area (Å²) in [6, 6.07) is 7.43. The van der Waals surface area contributed by atoms with Gasteiger partial charge in [-0.1, -0.05) is 0 Å². The molecular weight excluding hydrogens is 294 g/mol. The van der Waals surface area contributed by atoms with E-state index in [4.69, 9.17) is 4.74 Å². The number of hydrogen-bond donors (Lipinski definition) is 2. The normalized spacial score (nSPS) is 21.9. The van der Waals surface area contributed by atoms with E-state index in [1.165, 1.54) is 0 Å². The van der Waals surface area contributed by atoms with Gasteiger partial charge in [0.2, 0.25) is 5.91 Å². The molecule has 6 heteroatoms. The average Bonchev–Trinajstić information content (AvgIpc) is 2.81. The maximum atomic E-state index is 12.1. The van der Waals surface area contributed by atoms with Crippen molar-refractivity contribution in [1.29, 1.82) is 0 Å². The fourth-order valence-electron chi connectivity index (χ4n) is 2.78. The summed E-state index contributed by atoms with van der Waals surface area (Å²) in [7, 11) is 3.89. The van der Waals surface area contributed by atoms with E-state index in [1.54, 1.807) is 0 Å². The maximum absolute atomic E-state index is 12.1. The molecule has 0 spiro atoms. The average molecular weight is 321 g/mol. The van der Waals surface area contributed by atoms with E-state index in [2.05, 4.69) is 5.32 Å². The molecule has 1 aliphatic rings. The largest absolute Gasteiger partial charge is 0.491 e. The topological polar surface area (TPSA) is 65.0 Å². The summed E-state index contributed by atoms with van der Waals surface area (Å²) in [5.74, 6) is 0.712. The molecule has 0 aromatic heterocycles. The van der Waals surface area contributed by atoms with E-state index in [0.717, 1.165) is 11.4 Å². The van der Waals surface area contributed by atoms with Crippen molar-refractivity contribution in [2.75, 3.05) is 39.0 Å². The van der Waals surface area contributed by atoms with Gasteiger partial charge in [-0.05, 0) is 52.2 Å². The Balaban J connectivity index is 1.83. The number of rotatable bonds is 6. The zero-order valence-electron chi connectivity index (χ0n) is 14.3. The highest BCUT2D eigenvalue weighted by molar-refractivity contribution is 5.92. The van der Waals surface area contributed by atoms with Crippen molar-refractivity contribution in [1.82, 2.24) is 9.80 Å². The molecule has 2 atom stereocenters. The van der Waals surface area contributed by atoms with Gasteiger partial charge in [0.05, 0.1) is 18.8 Å². The highest BCUT2D eigenvalue weighted by Gasteiger charge is 2.33. The van der Waals surface area contributed by atoms with Crippen LogP contribution in [0, 0.1) is 0 Å². The fourth-order valence-corrected chi connectivity index (χ4v) is 2.78. The number of aliphatic hydroxyl groups is 1. The van der Waals surface area contributed by atoms with E-state index in [-0.39, 0.29) is 24.6 Å². The number of β-amino-alcohol motifs (C(OH)–C–C–N with tert-alkyl or cyclic N) is 1. The second-order valence-corrected chi connectivity index (χ2v) is 6.53. The van der Waals surface area contributed by atoms with Crippen LogP contribution in [0.15, 0.2) is 24.3 Å². The number of likely N-dealkylation sites (tertiary alicyclic amines) is 1. The predicted molar refractivity (Wildman–Crippen MR) is 90.8 cm³/mol. The molecule has 0 aliphatic carbocycles. The van der Waals surface area contributed by atoms with Gasteiger partial charge in [0.15, 0.2) is 0 Å². The molecule has 1 aliphatic heterocycles. The molecule has 1 heterocycles. The van der Waals surface area contributed by atoms with Crippen LogP contribution in [0.25, 0.3) is 0 Å². The zero-order valence-corrected chi connectivity index (χ0v) is 14.3. The minimum Gasteiger partial charge on any atom is -0.491 e. The van der Waals surface area contributed by atoms with Crippen LogP contribution >= 0.6 is 0 Å². The molecule has 0 radical (unpaired) electrons. The van der Waals surface area contributed by atoms with E-state index in [0.29, 0.717) is 13.1 Å². The number of carbonyl (C=O) groups is 1. The number of anilines is 1. The van der Waals surface area contributed by atoms with Gasteiger partial charge in [-0.3, -0.25) is 9.69 Å². The standard InChI is InChI=1S/C17H27N3O3/c1-12(2)23-14-7-5-13(6-8-14)18-17(22)11-20-9-15(19(3)4)16(21)10-20/h5-8,12,15-16,21H,9-11H2,1-4H3,(H,18,22)/t15-,16-/m0/s1. The Bertz CT molecular complexity index is 516. The summed E-state index contributed by atoms with van der Waals surface area (Å²) >= 11 is 0. The summed E-state index contributed by atoms with van der Waals surface area (Å²) in [5, 5.41) is 12.9. The number of carbonyl (C=O) groups excluding carboxylic acids is 1. The molecule has 23 heavy (non-hydrogen) atoms. The molecule has 1 saturated heterocycles. The van der Waals surface area contributed by atoms with Gasteiger partial charge in [-0.15, -0.1) is 0 Å². The van der Waals surface area contributed by atoms with E-state index in [9.17, 15) is 9.90 Å². The van der Waals surface area contributed by atoms with Crippen LogP contribution in [0.1, 0.15) is 13.8 Å². The third kappa shape index (κ3) is 5.20. The summed E-state index contributed by atoms with van der Waals surface area (Å²) in [4.78, 5) is 16.1. The molecule has 2 N–H and O–H groups in total. The summed E-state index contributed by atoms with van der Waals surface area (Å²) in [6.45, 7) is 5.45. The van der Waals surface area contributed by atoms with Crippen LogP contribution < -0.4 is 10.1 Å². The second kappa shape index (κ2) is 7.77. The fraction of sp³-hybridized carbons (Fsp3) is 0.588. The van der Waals surface area contributed by atoms with Crippen LogP contribution in [-0.4, -0.2) is 72.8 Å². The van der Waals surface area contributed by atoms with Crippen molar-refractivity contribution in [3.8, 4) is 5.75 Å². The highest BCUT2D eigenvalue weighted by atomic mass is 16.5. The predicted octanol–water partition coefficient (Wildman–Crippen LogP) is 1.02. The van der Waals surface area contributed by atoms with Crippen molar-refractivity contribution >= 4 is 11.6 Å². The number of ether oxygens (including phenoxy) is 1. The molecule has 0 saturated carbocycles. The molecule has 0 unspecified atom stereocenters. The van der Waals surface area contributed by atoms with E-state index >= 15 is 0 Å². The number of nitrogens with zero attached hydrogens (tertiary/aromatic N) is 2. The summed E-state index contributed by atoms with van der Waals surface area (Å²) in [6.07, 6.45) is -0.285. The molecule has 1 fully saturated rings. The molecule has 1 aromatic rings. The first-order chi connectivity index (χ1) is 10.8. The van der Waals surface area contributed by atoms with Crippen LogP contribution in [-0.2, 0) is 4.79 Å². The molecule has 6 nitrogen and oxygen atoms in total. The Kier molecular flexibility index (Phi) is 5.98. The summed E-state index contributed by atoms with van der Waals surface area (Å²) in [5.41, 5.74) is 0.745. The Labute approximate surface area is 138 Å². The Morgan fingerprint density at radius 3 is 2.52 bits per heavy atom. The van der Waals surface area contributed by atoms with Gasteiger partial charge in [-0.2, -0.15) is 0 Å². The van der Waals surface area contributed by atoms with Crippen LogP contribution in [0.5, 0.6) is 5.75 Å². The van der Waals surface area contributed by atoms with Crippen molar-refractivity contribution in [3.63, 3.8) is 0 Å². The van der Waals surface area contributed by atoms with Crippen LogP contribution in [0.3, 0.4) is 0 Å². The Morgan fingerprint density at radius 1 is 1.35 bits per heavy atom. The summed E-state index contributed by atoms with van der Waals surface area (Å²) < 4.78 is 5.57. The van der Waals surface area contributed by atoms with E-state index in [1.807, 2.05) is 62.0 Å². The van der Waals surface area contributed by atoms with Gasteiger partial charge in [0.1, 0.15) is 5.75 Å². The molecule has 2 rings (SSSR count). The SMILES string of the molecule is CC(C)Oc1ccc(NC(=O)CN2C[C@H](O)[C@@H](N(C)C)C2)cc1. The smallest absolute Gasteiger partial charge is 0.238 e. The minimum atomic E-state index is -0.412. The molecule has 1 aromatic carbocycles. The number of nitrogens with one attached hydrogen (secondary N) is 1. The first-order valence-corrected chi connectivity index (χ1v) is 7.98. The lowest BCUT2D eigenvalue weighted by Gasteiger charge is -2.21. The van der Waals surface area contributed by atoms with Crippen LogP contribution in [0.4, 0.5) is 5.69 Å². The van der Waals surface area contributed by atoms with Crippen molar-refractivity contribution in [3.05, 3.63) is 24.3 Å². The third-order valence-electron chi connectivity index (χ3n) is 3.88. The lowest BCUT2D eigenvalue weighted by molar-refractivity contribution is -0.117. The van der Waals surface area contributed by atoms with Gasteiger partial charge in [0.25, 0.3) is 0 Å². The van der Waals surface area contributed by atoms with Gasteiger partial charge >= 0.3 is 0 Å². The number of hydrogen-bond acceptors (Lipinski definition) is 5. The zero-order chi connectivity index (χ0) is 17.0. The number of likely N-dealkylation sites (N-methyl/N-ethyl adjacent to an activating group) is 1. The first kappa shape index (κ1) is 17.7. The van der Waals surface area contributed by atoms with E-state index < -0.39 is 6.10 Å². The Morgan fingerprint density at radius 2 is 2.00 bits per heavy atom. The monoisotopic (exact) mass is 321 g/mol. The molecule has 128 valence electrons. The maximum Gasteiger partial charge on any atom is 0.238 e. The van der Waals surface area contributed by atoms with Crippen molar-refractivity contribution in [2.24, 2.45) is 0 Å². The van der Waals surface area contributed by atoms with Gasteiger partial charge in [0, 0.05) is 24.8 Å². The number of amides is 1. The lowest BCUT2D eigenvalue weighted by atomic mass is 10.2. The first-order valence-electron chi connectivity index (χ1n) is 7.98. The van der Waals surface area contributed by atoms with Crippen molar-refractivity contribution in [2.45, 2.75) is 32.1 Å². The second-order valence-electron chi connectivity index (χ2n) is 6.53. The molecule has 1 amide bonds. The van der Waals surface area contributed by atoms with Gasteiger partial charge in [-0.25, -0.2) is 0 Å². The molecular formula is C17H27N3O3. The lowest BCUT2D eigenvalue weighted by Crippen LogP contribution is -2.38. The Hall–Kier alpha value is -1.63. The minimum absolute atomic E-state index is 0.0749. The van der Waals surface area contributed by atoms with Crippen molar-refractivity contribution < 1.29 is 14.6 Å². The van der Waals surface area contributed by atoms with Gasteiger partial charge < -0.3 is 20.1 Å². The molecule has 0 bridgehead atoms. The number of benzene rings is 1.